The van der Waals surface area contributed by atoms with Crippen LogP contribution in [0.15, 0.2) is 27.4 Å². The van der Waals surface area contributed by atoms with Crippen molar-refractivity contribution in [1.29, 1.82) is 0 Å². The second kappa shape index (κ2) is 4.40. The number of aromatic hydroxyl groups is 1. The molecular formula is C12H10O6. The largest absolute Gasteiger partial charge is 0.503 e. The predicted octanol–water partition coefficient (Wildman–Crippen LogP) is 1.43. The van der Waals surface area contributed by atoms with Gasteiger partial charge in [-0.15, -0.1) is 0 Å². The second-order valence-electron chi connectivity index (χ2n) is 3.49. The van der Waals surface area contributed by atoms with Crippen molar-refractivity contribution >= 4 is 16.9 Å². The molecule has 0 atom stereocenters. The normalized spacial score (nSPS) is 10.3. The van der Waals surface area contributed by atoms with E-state index in [9.17, 15) is 14.7 Å². The molecule has 0 fully saturated rings. The summed E-state index contributed by atoms with van der Waals surface area (Å²) < 4.78 is 14.6. The number of hydrogen-bond donors (Lipinski definition) is 1. The number of rotatable bonds is 2. The van der Waals surface area contributed by atoms with E-state index >= 15 is 0 Å². The van der Waals surface area contributed by atoms with Crippen molar-refractivity contribution in [2.45, 2.75) is 6.92 Å². The molecule has 0 radical (unpaired) electrons. The van der Waals surface area contributed by atoms with Crippen LogP contribution in [0.4, 0.5) is 0 Å². The molecule has 0 spiro atoms. The first-order valence-electron chi connectivity index (χ1n) is 5.05. The number of carbonyl (C=O) groups is 1. The summed E-state index contributed by atoms with van der Waals surface area (Å²) in [7, 11) is 1.41. The molecule has 6 nitrogen and oxygen atoms in total. The quantitative estimate of drug-likeness (QED) is 0.641. The van der Waals surface area contributed by atoms with Crippen LogP contribution in [0.5, 0.6) is 17.2 Å². The van der Waals surface area contributed by atoms with Gasteiger partial charge in [0.05, 0.1) is 7.11 Å². The summed E-state index contributed by atoms with van der Waals surface area (Å²) in [5.41, 5.74) is -0.781. The Bertz CT molecular complexity index is 670. The van der Waals surface area contributed by atoms with E-state index in [1.165, 1.54) is 13.2 Å². The van der Waals surface area contributed by atoms with Gasteiger partial charge in [0.1, 0.15) is 16.7 Å². The molecule has 2 rings (SSSR count). The van der Waals surface area contributed by atoms with Crippen LogP contribution in [-0.4, -0.2) is 18.2 Å². The number of fused-ring (bicyclic) bond motifs is 1. The fraction of sp³-hybridized carbons (Fsp3) is 0.167. The fourth-order valence-electron chi connectivity index (χ4n) is 1.59. The molecule has 1 N–H and O–H groups in total. The molecule has 1 heterocycles. The van der Waals surface area contributed by atoms with Gasteiger partial charge in [0.15, 0.2) is 5.75 Å². The van der Waals surface area contributed by atoms with Crippen LogP contribution in [0.25, 0.3) is 11.0 Å². The van der Waals surface area contributed by atoms with Gasteiger partial charge in [0.2, 0.25) is 0 Å². The molecule has 2 aromatic rings. The number of esters is 1. The third kappa shape index (κ3) is 1.88. The van der Waals surface area contributed by atoms with Gasteiger partial charge in [-0.2, -0.15) is 0 Å². The van der Waals surface area contributed by atoms with E-state index in [1.807, 2.05) is 0 Å². The van der Waals surface area contributed by atoms with Crippen LogP contribution < -0.4 is 15.1 Å². The first-order valence-corrected chi connectivity index (χ1v) is 5.05. The van der Waals surface area contributed by atoms with E-state index in [4.69, 9.17) is 9.15 Å². The van der Waals surface area contributed by atoms with Crippen LogP contribution in [0.3, 0.4) is 0 Å². The van der Waals surface area contributed by atoms with Crippen LogP contribution in [0, 0.1) is 0 Å². The number of hydrogen-bond acceptors (Lipinski definition) is 6. The first kappa shape index (κ1) is 12.0. The van der Waals surface area contributed by atoms with E-state index in [2.05, 4.69) is 4.74 Å². The molecule has 0 aliphatic rings. The number of carbonyl (C=O) groups excluding carboxylic acids is 1. The minimum atomic E-state index is -0.927. The van der Waals surface area contributed by atoms with Gasteiger partial charge in [-0.3, -0.25) is 4.79 Å². The zero-order valence-corrected chi connectivity index (χ0v) is 9.72. The minimum absolute atomic E-state index is 0.146. The maximum absolute atomic E-state index is 11.5. The van der Waals surface area contributed by atoms with Gasteiger partial charge >= 0.3 is 11.6 Å². The van der Waals surface area contributed by atoms with Gasteiger partial charge in [-0.25, -0.2) is 4.79 Å². The number of ether oxygens (including phenoxy) is 2. The summed E-state index contributed by atoms with van der Waals surface area (Å²) in [4.78, 5) is 22.4. The first-order chi connectivity index (χ1) is 8.54. The predicted molar refractivity (Wildman–Crippen MR) is 62.0 cm³/mol. The van der Waals surface area contributed by atoms with Crippen molar-refractivity contribution in [3.8, 4) is 17.2 Å². The molecule has 6 heteroatoms. The lowest BCUT2D eigenvalue weighted by atomic mass is 10.2. The highest BCUT2D eigenvalue weighted by Crippen LogP contribution is 2.37. The second-order valence-corrected chi connectivity index (χ2v) is 3.49. The number of methoxy groups -OCH3 is 1. The topological polar surface area (TPSA) is 86.0 Å². The average Bonchev–Trinajstić information content (AvgIpc) is 2.33. The Balaban J connectivity index is 2.82. The molecular weight excluding hydrogens is 240 g/mol. The van der Waals surface area contributed by atoms with E-state index in [0.29, 0.717) is 5.75 Å². The molecule has 0 aliphatic heterocycles. The standard InChI is InChI=1S/C12H10O6/c1-6(13)17-11-10(14)9-7(16-2)4-3-5-8(9)18-12(11)15/h3-5,14H,1-2H3. The summed E-state index contributed by atoms with van der Waals surface area (Å²) in [6, 6.07) is 4.69. The average molecular weight is 250 g/mol. The molecule has 94 valence electrons. The van der Waals surface area contributed by atoms with E-state index in [1.54, 1.807) is 12.1 Å². The van der Waals surface area contributed by atoms with E-state index < -0.39 is 23.1 Å². The Morgan fingerprint density at radius 3 is 2.72 bits per heavy atom. The highest BCUT2D eigenvalue weighted by Gasteiger charge is 2.19. The molecule has 0 amide bonds. The summed E-state index contributed by atoms with van der Waals surface area (Å²) >= 11 is 0. The monoisotopic (exact) mass is 250 g/mol. The lowest BCUT2D eigenvalue weighted by Crippen LogP contribution is -2.11. The van der Waals surface area contributed by atoms with Gasteiger partial charge in [0, 0.05) is 6.92 Å². The fourth-order valence-corrected chi connectivity index (χ4v) is 1.59. The van der Waals surface area contributed by atoms with Crippen molar-refractivity contribution in [2.75, 3.05) is 7.11 Å². The maximum Gasteiger partial charge on any atom is 0.383 e. The zero-order valence-electron chi connectivity index (χ0n) is 9.72. The van der Waals surface area contributed by atoms with Crippen LogP contribution >= 0.6 is 0 Å². The minimum Gasteiger partial charge on any atom is -0.503 e. The number of benzene rings is 1. The molecule has 0 aliphatic carbocycles. The molecule has 18 heavy (non-hydrogen) atoms. The van der Waals surface area contributed by atoms with Gasteiger partial charge in [0.25, 0.3) is 5.75 Å². The van der Waals surface area contributed by atoms with Crippen molar-refractivity contribution in [2.24, 2.45) is 0 Å². The smallest absolute Gasteiger partial charge is 0.383 e. The molecule has 0 bridgehead atoms. The third-order valence-corrected chi connectivity index (χ3v) is 2.29. The van der Waals surface area contributed by atoms with Crippen LogP contribution in [0.1, 0.15) is 6.92 Å². The summed E-state index contributed by atoms with van der Waals surface area (Å²) in [6.45, 7) is 1.12. The Hall–Kier alpha value is -2.50. The maximum atomic E-state index is 11.5. The van der Waals surface area contributed by atoms with Crippen molar-refractivity contribution < 1.29 is 23.8 Å². The molecule has 1 aromatic carbocycles. The summed E-state index contributed by atoms with van der Waals surface area (Å²) in [5.74, 6) is -1.44. The van der Waals surface area contributed by atoms with Crippen molar-refractivity contribution in [3.05, 3.63) is 28.6 Å². The summed E-state index contributed by atoms with van der Waals surface area (Å²) in [6.07, 6.45) is 0. The lowest BCUT2D eigenvalue weighted by Gasteiger charge is -2.08. The van der Waals surface area contributed by atoms with Crippen LogP contribution in [-0.2, 0) is 4.79 Å². The highest BCUT2D eigenvalue weighted by atomic mass is 16.6. The Morgan fingerprint density at radius 2 is 2.11 bits per heavy atom. The third-order valence-electron chi connectivity index (χ3n) is 2.29. The zero-order chi connectivity index (χ0) is 13.3. The van der Waals surface area contributed by atoms with Gasteiger partial charge < -0.3 is 19.0 Å². The van der Waals surface area contributed by atoms with Crippen molar-refractivity contribution in [1.82, 2.24) is 0 Å². The Kier molecular flexibility index (Phi) is 2.93. The van der Waals surface area contributed by atoms with Crippen molar-refractivity contribution in [3.63, 3.8) is 0 Å². The molecule has 0 unspecified atom stereocenters. The van der Waals surface area contributed by atoms with E-state index in [-0.39, 0.29) is 11.0 Å². The Labute approximate surface area is 101 Å². The molecule has 1 aromatic heterocycles. The van der Waals surface area contributed by atoms with Crippen LogP contribution in [0.2, 0.25) is 0 Å². The lowest BCUT2D eigenvalue weighted by molar-refractivity contribution is -0.132. The molecule has 0 saturated heterocycles. The van der Waals surface area contributed by atoms with Gasteiger partial charge in [-0.05, 0) is 12.1 Å². The SMILES string of the molecule is COc1cccc2oc(=O)c(OC(C)=O)c(O)c12. The summed E-state index contributed by atoms with van der Waals surface area (Å²) in [5, 5.41) is 10.2. The Morgan fingerprint density at radius 1 is 1.39 bits per heavy atom. The van der Waals surface area contributed by atoms with E-state index in [0.717, 1.165) is 6.92 Å². The highest BCUT2D eigenvalue weighted by molar-refractivity contribution is 5.91. The molecule has 0 saturated carbocycles. The van der Waals surface area contributed by atoms with Gasteiger partial charge in [-0.1, -0.05) is 6.07 Å².